The number of amides is 2. The first-order chi connectivity index (χ1) is 12.4. The Kier molecular flexibility index (Phi) is 4.16. The molecule has 2 amide bonds. The Balaban J connectivity index is 1.63. The third kappa shape index (κ3) is 2.85. The molecule has 0 aliphatic carbocycles. The number of imide groups is 1. The molecule has 1 unspecified atom stereocenters. The van der Waals surface area contributed by atoms with Crippen molar-refractivity contribution in [1.82, 2.24) is 19.6 Å². The van der Waals surface area contributed by atoms with E-state index >= 15 is 0 Å². The van der Waals surface area contributed by atoms with E-state index in [4.69, 9.17) is 11.6 Å². The summed E-state index contributed by atoms with van der Waals surface area (Å²) in [5.41, 5.74) is 2.29. The summed E-state index contributed by atoms with van der Waals surface area (Å²) in [6.45, 7) is 3.81. The molecule has 3 heterocycles. The molecule has 3 aromatic rings. The molecule has 26 heavy (non-hydrogen) atoms. The zero-order chi connectivity index (χ0) is 18.4. The van der Waals surface area contributed by atoms with Crippen LogP contribution in [0.1, 0.15) is 17.8 Å². The van der Waals surface area contributed by atoms with Crippen molar-refractivity contribution < 1.29 is 9.59 Å². The predicted molar refractivity (Wildman–Crippen MR) is 98.5 cm³/mol. The van der Waals surface area contributed by atoms with Gasteiger partial charge in [0.05, 0.1) is 5.69 Å². The highest BCUT2D eigenvalue weighted by molar-refractivity contribution is 8.00. The average molecular weight is 388 g/mol. The van der Waals surface area contributed by atoms with Crippen LogP contribution in [0.5, 0.6) is 0 Å². The number of halogens is 1. The third-order valence-electron chi connectivity index (χ3n) is 4.10. The quantitative estimate of drug-likeness (QED) is 0.643. The molecule has 2 aromatic heterocycles. The molecular weight excluding hydrogens is 374 g/mol. The minimum absolute atomic E-state index is 0.110. The van der Waals surface area contributed by atoms with Gasteiger partial charge in [-0.05, 0) is 44.2 Å². The molecule has 0 N–H and O–H groups in total. The van der Waals surface area contributed by atoms with Crippen LogP contribution in [0.25, 0.3) is 5.78 Å². The second-order valence-electron chi connectivity index (χ2n) is 6.01. The maximum atomic E-state index is 12.8. The van der Waals surface area contributed by atoms with Gasteiger partial charge in [-0.2, -0.15) is 0 Å². The van der Waals surface area contributed by atoms with E-state index in [1.54, 1.807) is 28.7 Å². The number of rotatable bonds is 3. The fourth-order valence-corrected chi connectivity index (χ4v) is 4.19. The number of carbonyl (C=O) groups excluding carboxylic acids is 2. The lowest BCUT2D eigenvalue weighted by atomic mass is 10.3. The van der Waals surface area contributed by atoms with Gasteiger partial charge in [0, 0.05) is 22.8 Å². The van der Waals surface area contributed by atoms with E-state index in [-0.39, 0.29) is 18.2 Å². The fraction of sp³-hybridized carbons (Fsp3) is 0.235. The van der Waals surface area contributed by atoms with Gasteiger partial charge in [-0.25, -0.2) is 9.88 Å². The number of benzene rings is 1. The van der Waals surface area contributed by atoms with Crippen molar-refractivity contribution in [2.24, 2.45) is 0 Å². The first-order valence-corrected chi connectivity index (χ1v) is 9.18. The SMILES string of the molecule is Cc1cc(C)n2c(SC3CC(=O)N(c4ccc(Cl)cc4)C3=O)nnc2n1. The zero-order valence-electron chi connectivity index (χ0n) is 14.0. The standard InChI is InChI=1S/C17H14ClN5O2S/c1-9-7-10(2)22-16(19-9)20-21-17(22)26-13-8-14(24)23(15(13)25)12-5-3-11(18)4-6-12/h3-7,13H,8H2,1-2H3. The monoisotopic (exact) mass is 387 g/mol. The van der Waals surface area contributed by atoms with Crippen LogP contribution in [0, 0.1) is 13.8 Å². The van der Waals surface area contributed by atoms with Gasteiger partial charge in [0.25, 0.3) is 5.78 Å². The maximum absolute atomic E-state index is 12.8. The summed E-state index contributed by atoms with van der Waals surface area (Å²) in [4.78, 5) is 30.7. The summed E-state index contributed by atoms with van der Waals surface area (Å²) >= 11 is 7.11. The molecule has 0 spiro atoms. The summed E-state index contributed by atoms with van der Waals surface area (Å²) in [5, 5.41) is 8.76. The maximum Gasteiger partial charge on any atom is 0.256 e. The molecule has 0 radical (unpaired) electrons. The van der Waals surface area contributed by atoms with Crippen molar-refractivity contribution in [3.8, 4) is 0 Å². The minimum Gasteiger partial charge on any atom is -0.274 e. The van der Waals surface area contributed by atoms with Gasteiger partial charge < -0.3 is 0 Å². The van der Waals surface area contributed by atoms with Crippen LogP contribution in [0.3, 0.4) is 0 Å². The Morgan fingerprint density at radius 3 is 2.62 bits per heavy atom. The normalized spacial score (nSPS) is 17.5. The van der Waals surface area contributed by atoms with E-state index in [2.05, 4.69) is 15.2 Å². The topological polar surface area (TPSA) is 80.5 Å². The minimum atomic E-state index is -0.550. The number of carbonyl (C=O) groups is 2. The van der Waals surface area contributed by atoms with Crippen molar-refractivity contribution in [2.45, 2.75) is 30.7 Å². The Hall–Kier alpha value is -2.45. The highest BCUT2D eigenvalue weighted by Gasteiger charge is 2.41. The van der Waals surface area contributed by atoms with Gasteiger partial charge in [-0.15, -0.1) is 10.2 Å². The van der Waals surface area contributed by atoms with E-state index < -0.39 is 5.25 Å². The zero-order valence-corrected chi connectivity index (χ0v) is 15.6. The summed E-state index contributed by atoms with van der Waals surface area (Å²) in [7, 11) is 0. The molecule has 1 aliphatic heterocycles. The number of nitrogens with zero attached hydrogens (tertiary/aromatic N) is 5. The second-order valence-corrected chi connectivity index (χ2v) is 7.62. The number of fused-ring (bicyclic) bond motifs is 1. The molecular formula is C17H14ClN5O2S. The van der Waals surface area contributed by atoms with E-state index in [0.29, 0.717) is 21.6 Å². The summed E-state index contributed by atoms with van der Waals surface area (Å²) < 4.78 is 1.79. The highest BCUT2D eigenvalue weighted by Crippen LogP contribution is 2.33. The number of hydrogen-bond acceptors (Lipinski definition) is 6. The van der Waals surface area contributed by atoms with E-state index in [1.807, 2.05) is 19.9 Å². The Bertz CT molecular complexity index is 1030. The molecule has 0 saturated carbocycles. The van der Waals surface area contributed by atoms with Crippen LogP contribution in [-0.2, 0) is 9.59 Å². The van der Waals surface area contributed by atoms with Gasteiger partial charge >= 0.3 is 0 Å². The Labute approximate surface area is 158 Å². The van der Waals surface area contributed by atoms with Crippen LogP contribution >= 0.6 is 23.4 Å². The summed E-state index contributed by atoms with van der Waals surface area (Å²) in [5.74, 6) is -0.0255. The summed E-state index contributed by atoms with van der Waals surface area (Å²) in [6.07, 6.45) is 0.110. The fourth-order valence-electron chi connectivity index (χ4n) is 2.96. The number of aryl methyl sites for hydroxylation is 2. The first-order valence-electron chi connectivity index (χ1n) is 7.92. The van der Waals surface area contributed by atoms with Gasteiger partial charge in [0.2, 0.25) is 11.8 Å². The molecule has 0 bridgehead atoms. The highest BCUT2D eigenvalue weighted by atomic mass is 35.5. The van der Waals surface area contributed by atoms with Gasteiger partial charge in [0.1, 0.15) is 5.25 Å². The van der Waals surface area contributed by atoms with Crippen molar-refractivity contribution in [1.29, 1.82) is 0 Å². The molecule has 1 aromatic carbocycles. The van der Waals surface area contributed by atoms with Crippen molar-refractivity contribution >= 4 is 46.6 Å². The van der Waals surface area contributed by atoms with Crippen LogP contribution in [0.4, 0.5) is 5.69 Å². The number of hydrogen-bond donors (Lipinski definition) is 0. The first kappa shape index (κ1) is 17.0. The molecule has 7 nitrogen and oxygen atoms in total. The Morgan fingerprint density at radius 2 is 1.88 bits per heavy atom. The Morgan fingerprint density at radius 1 is 1.15 bits per heavy atom. The predicted octanol–water partition coefficient (Wildman–Crippen LogP) is 2.82. The van der Waals surface area contributed by atoms with Crippen LogP contribution < -0.4 is 4.90 Å². The molecule has 1 aliphatic rings. The lowest BCUT2D eigenvalue weighted by molar-refractivity contribution is -0.121. The van der Waals surface area contributed by atoms with Crippen molar-refractivity contribution in [3.63, 3.8) is 0 Å². The van der Waals surface area contributed by atoms with Gasteiger partial charge in [0.15, 0.2) is 5.16 Å². The van der Waals surface area contributed by atoms with E-state index in [0.717, 1.165) is 11.4 Å². The van der Waals surface area contributed by atoms with E-state index in [9.17, 15) is 9.59 Å². The number of thioether (sulfide) groups is 1. The average Bonchev–Trinajstić information content (AvgIpc) is 3.10. The van der Waals surface area contributed by atoms with Crippen LogP contribution in [0.15, 0.2) is 35.5 Å². The molecule has 4 rings (SSSR count). The molecule has 1 saturated heterocycles. The molecule has 1 fully saturated rings. The molecule has 1 atom stereocenters. The number of anilines is 1. The largest absolute Gasteiger partial charge is 0.274 e. The van der Waals surface area contributed by atoms with Gasteiger partial charge in [-0.3, -0.25) is 14.0 Å². The smallest absolute Gasteiger partial charge is 0.256 e. The van der Waals surface area contributed by atoms with E-state index in [1.165, 1.54) is 16.7 Å². The van der Waals surface area contributed by atoms with Crippen molar-refractivity contribution in [3.05, 3.63) is 46.7 Å². The molecule has 9 heteroatoms. The van der Waals surface area contributed by atoms with Crippen LogP contribution in [0.2, 0.25) is 5.02 Å². The van der Waals surface area contributed by atoms with Gasteiger partial charge in [-0.1, -0.05) is 23.4 Å². The third-order valence-corrected chi connectivity index (χ3v) is 5.48. The lowest BCUT2D eigenvalue weighted by Gasteiger charge is -2.14. The van der Waals surface area contributed by atoms with Crippen molar-refractivity contribution in [2.75, 3.05) is 4.90 Å². The molecule has 132 valence electrons. The lowest BCUT2D eigenvalue weighted by Crippen LogP contribution is -2.31. The van der Waals surface area contributed by atoms with Crippen LogP contribution in [-0.4, -0.2) is 36.6 Å². The second kappa shape index (κ2) is 6.37. The number of aromatic nitrogens is 4. The summed E-state index contributed by atoms with van der Waals surface area (Å²) in [6, 6.07) is 8.55.